The molecular weight excluding hydrogens is 232 g/mol. The lowest BCUT2D eigenvalue weighted by Crippen LogP contribution is -2.32. The molecule has 0 aliphatic carbocycles. The topological polar surface area (TPSA) is 51.1 Å². The molecule has 5 heteroatoms. The number of carbonyl (C=O) groups is 1. The molecule has 1 amide bonds. The van der Waals surface area contributed by atoms with Gasteiger partial charge < -0.3 is 9.47 Å². The van der Waals surface area contributed by atoms with Gasteiger partial charge >= 0.3 is 0 Å². The lowest BCUT2D eigenvalue weighted by Gasteiger charge is -2.18. The molecule has 1 aromatic carbocycles. The van der Waals surface area contributed by atoms with Crippen LogP contribution in [0.25, 0.3) is 0 Å². The van der Waals surface area contributed by atoms with Gasteiger partial charge in [0.1, 0.15) is 17.3 Å². The predicted octanol–water partition coefficient (Wildman–Crippen LogP) is 1.58. The first-order valence-electron chi connectivity index (χ1n) is 5.72. The number of carbonyl (C=O) groups excluding carboxylic acids is 1. The van der Waals surface area contributed by atoms with Crippen LogP contribution in [0.15, 0.2) is 23.2 Å². The number of benzene rings is 1. The van der Waals surface area contributed by atoms with Crippen molar-refractivity contribution < 1.29 is 14.3 Å². The van der Waals surface area contributed by atoms with Crippen molar-refractivity contribution in [3.05, 3.63) is 23.8 Å². The standard InChI is InChI=1S/C13H16N2O3/c1-9-14-6-7-15(9)13(16)11-5-4-10(17-2)8-12(11)18-3/h4-5,8H,6-7H2,1-3H3. The second kappa shape index (κ2) is 5.08. The van der Waals surface area contributed by atoms with Crippen LogP contribution in [0.2, 0.25) is 0 Å². The van der Waals surface area contributed by atoms with Crippen LogP contribution in [0.1, 0.15) is 17.3 Å². The minimum Gasteiger partial charge on any atom is -0.497 e. The zero-order valence-electron chi connectivity index (χ0n) is 10.8. The molecule has 96 valence electrons. The molecule has 0 atom stereocenters. The fourth-order valence-electron chi connectivity index (χ4n) is 1.93. The molecule has 1 heterocycles. The molecule has 0 radical (unpaired) electrons. The van der Waals surface area contributed by atoms with Crippen molar-refractivity contribution >= 4 is 11.7 Å². The summed E-state index contributed by atoms with van der Waals surface area (Å²) in [6, 6.07) is 5.17. The Morgan fingerprint density at radius 1 is 1.33 bits per heavy atom. The summed E-state index contributed by atoms with van der Waals surface area (Å²) >= 11 is 0. The number of amidine groups is 1. The minimum atomic E-state index is -0.0896. The summed E-state index contributed by atoms with van der Waals surface area (Å²) < 4.78 is 10.3. The van der Waals surface area contributed by atoms with Gasteiger partial charge in [-0.1, -0.05) is 0 Å². The van der Waals surface area contributed by atoms with E-state index in [1.807, 2.05) is 6.92 Å². The van der Waals surface area contributed by atoms with E-state index in [1.165, 1.54) is 7.11 Å². The lowest BCUT2D eigenvalue weighted by atomic mass is 10.1. The van der Waals surface area contributed by atoms with Crippen LogP contribution in [0, 0.1) is 0 Å². The molecule has 2 rings (SSSR count). The van der Waals surface area contributed by atoms with Crippen molar-refractivity contribution in [3.63, 3.8) is 0 Å². The molecule has 0 N–H and O–H groups in total. The number of nitrogens with zero attached hydrogens (tertiary/aromatic N) is 2. The van der Waals surface area contributed by atoms with E-state index in [1.54, 1.807) is 30.2 Å². The highest BCUT2D eigenvalue weighted by molar-refractivity contribution is 6.07. The molecule has 1 aromatic rings. The molecule has 0 unspecified atom stereocenters. The maximum Gasteiger partial charge on any atom is 0.262 e. The number of hydrogen-bond donors (Lipinski definition) is 0. The number of hydrogen-bond acceptors (Lipinski definition) is 4. The Balaban J connectivity index is 2.33. The highest BCUT2D eigenvalue weighted by atomic mass is 16.5. The molecular formula is C13H16N2O3. The smallest absolute Gasteiger partial charge is 0.262 e. The number of rotatable bonds is 3. The zero-order valence-corrected chi connectivity index (χ0v) is 10.8. The Bertz CT molecular complexity index is 497. The van der Waals surface area contributed by atoms with Gasteiger partial charge in [0, 0.05) is 12.6 Å². The Kier molecular flexibility index (Phi) is 3.50. The SMILES string of the molecule is COc1ccc(C(=O)N2CCN=C2C)c(OC)c1. The van der Waals surface area contributed by atoms with Crippen LogP contribution in [0.3, 0.4) is 0 Å². The summed E-state index contributed by atoms with van der Waals surface area (Å²) in [5, 5.41) is 0. The van der Waals surface area contributed by atoms with E-state index >= 15 is 0 Å². The summed E-state index contributed by atoms with van der Waals surface area (Å²) in [7, 11) is 3.12. The van der Waals surface area contributed by atoms with Gasteiger partial charge in [-0.2, -0.15) is 0 Å². The van der Waals surface area contributed by atoms with E-state index in [4.69, 9.17) is 9.47 Å². The molecule has 0 saturated heterocycles. The first kappa shape index (κ1) is 12.4. The van der Waals surface area contributed by atoms with Gasteiger partial charge in [0.15, 0.2) is 0 Å². The molecule has 0 bridgehead atoms. The minimum absolute atomic E-state index is 0.0896. The van der Waals surface area contributed by atoms with Crippen LogP contribution < -0.4 is 9.47 Å². The van der Waals surface area contributed by atoms with Crippen molar-refractivity contribution in [3.8, 4) is 11.5 Å². The molecule has 18 heavy (non-hydrogen) atoms. The predicted molar refractivity (Wildman–Crippen MR) is 68.6 cm³/mol. The van der Waals surface area contributed by atoms with Crippen molar-refractivity contribution in [1.82, 2.24) is 4.90 Å². The number of aliphatic imine (C=N–C) groups is 1. The van der Waals surface area contributed by atoms with E-state index < -0.39 is 0 Å². The zero-order chi connectivity index (χ0) is 13.1. The Labute approximate surface area is 106 Å². The maximum absolute atomic E-state index is 12.4. The summed E-state index contributed by atoms with van der Waals surface area (Å²) in [6.07, 6.45) is 0. The fourth-order valence-corrected chi connectivity index (χ4v) is 1.93. The third kappa shape index (κ3) is 2.16. The number of methoxy groups -OCH3 is 2. The van der Waals surface area contributed by atoms with Crippen LogP contribution in [0.4, 0.5) is 0 Å². The van der Waals surface area contributed by atoms with Gasteiger partial charge in [-0.3, -0.25) is 14.7 Å². The van der Waals surface area contributed by atoms with Gasteiger partial charge in [0.2, 0.25) is 0 Å². The van der Waals surface area contributed by atoms with E-state index in [0.29, 0.717) is 30.2 Å². The first-order valence-corrected chi connectivity index (χ1v) is 5.72. The molecule has 5 nitrogen and oxygen atoms in total. The monoisotopic (exact) mass is 248 g/mol. The summed E-state index contributed by atoms with van der Waals surface area (Å²) in [4.78, 5) is 18.2. The lowest BCUT2D eigenvalue weighted by molar-refractivity contribution is 0.0854. The van der Waals surface area contributed by atoms with Crippen molar-refractivity contribution in [1.29, 1.82) is 0 Å². The van der Waals surface area contributed by atoms with Crippen molar-refractivity contribution in [2.75, 3.05) is 27.3 Å². The summed E-state index contributed by atoms with van der Waals surface area (Å²) in [6.45, 7) is 3.12. The van der Waals surface area contributed by atoms with Crippen molar-refractivity contribution in [2.45, 2.75) is 6.92 Å². The van der Waals surface area contributed by atoms with Gasteiger partial charge in [-0.05, 0) is 19.1 Å². The highest BCUT2D eigenvalue weighted by Gasteiger charge is 2.24. The summed E-state index contributed by atoms with van der Waals surface area (Å²) in [5.41, 5.74) is 0.523. The van der Waals surface area contributed by atoms with E-state index in [2.05, 4.69) is 4.99 Å². The number of amides is 1. The van der Waals surface area contributed by atoms with Crippen LogP contribution in [-0.4, -0.2) is 44.0 Å². The van der Waals surface area contributed by atoms with Crippen LogP contribution in [-0.2, 0) is 0 Å². The third-order valence-electron chi connectivity index (χ3n) is 2.94. The van der Waals surface area contributed by atoms with Gasteiger partial charge in [-0.15, -0.1) is 0 Å². The molecule has 0 spiro atoms. The number of ether oxygens (including phenoxy) is 2. The largest absolute Gasteiger partial charge is 0.497 e. The third-order valence-corrected chi connectivity index (χ3v) is 2.94. The van der Waals surface area contributed by atoms with Gasteiger partial charge in [0.25, 0.3) is 5.91 Å². The molecule has 0 fully saturated rings. The average molecular weight is 248 g/mol. The molecule has 1 aliphatic heterocycles. The van der Waals surface area contributed by atoms with E-state index in [0.717, 1.165) is 5.84 Å². The Morgan fingerprint density at radius 2 is 2.11 bits per heavy atom. The molecule has 1 aliphatic rings. The fraction of sp³-hybridized carbons (Fsp3) is 0.385. The van der Waals surface area contributed by atoms with E-state index in [9.17, 15) is 4.79 Å². The first-order chi connectivity index (χ1) is 8.67. The quantitative estimate of drug-likeness (QED) is 0.816. The van der Waals surface area contributed by atoms with E-state index in [-0.39, 0.29) is 5.91 Å². The van der Waals surface area contributed by atoms with Crippen LogP contribution >= 0.6 is 0 Å². The average Bonchev–Trinajstić information content (AvgIpc) is 2.83. The maximum atomic E-state index is 12.4. The second-order valence-corrected chi connectivity index (χ2v) is 3.95. The Morgan fingerprint density at radius 3 is 2.67 bits per heavy atom. The Hall–Kier alpha value is -2.04. The van der Waals surface area contributed by atoms with Gasteiger partial charge in [-0.25, -0.2) is 0 Å². The van der Waals surface area contributed by atoms with Crippen molar-refractivity contribution in [2.24, 2.45) is 4.99 Å². The highest BCUT2D eigenvalue weighted by Crippen LogP contribution is 2.26. The summed E-state index contributed by atoms with van der Waals surface area (Å²) in [5.74, 6) is 1.83. The normalized spacial score (nSPS) is 14.4. The molecule has 0 aromatic heterocycles. The van der Waals surface area contributed by atoms with Crippen LogP contribution in [0.5, 0.6) is 11.5 Å². The second-order valence-electron chi connectivity index (χ2n) is 3.95. The van der Waals surface area contributed by atoms with Gasteiger partial charge in [0.05, 0.1) is 26.3 Å². The molecule has 0 saturated carbocycles.